The van der Waals surface area contributed by atoms with Crippen molar-refractivity contribution in [2.45, 2.75) is 264 Å². The van der Waals surface area contributed by atoms with Crippen LogP contribution in [0.2, 0.25) is 0 Å². The zero-order valence-corrected chi connectivity index (χ0v) is 43.2. The van der Waals surface area contributed by atoms with Crippen molar-refractivity contribution in [1.82, 2.24) is 0 Å². The minimum atomic E-state index is -0.777. The van der Waals surface area contributed by atoms with Gasteiger partial charge in [-0.25, -0.2) is 0 Å². The van der Waals surface area contributed by atoms with E-state index in [2.05, 4.69) is 106 Å². The lowest BCUT2D eigenvalue weighted by Crippen LogP contribution is -2.30. The molecule has 0 aromatic carbocycles. The van der Waals surface area contributed by atoms with E-state index < -0.39 is 6.10 Å². The lowest BCUT2D eigenvalue weighted by Gasteiger charge is -2.18. The number of unbranched alkanes of at least 4 members (excludes halogenated alkanes) is 24. The third-order valence-corrected chi connectivity index (χ3v) is 11.6. The van der Waals surface area contributed by atoms with Gasteiger partial charge in [0.25, 0.3) is 0 Å². The lowest BCUT2D eigenvalue weighted by molar-refractivity contribution is -0.167. The Morgan fingerprint density at radius 1 is 0.318 bits per heavy atom. The van der Waals surface area contributed by atoms with Crippen molar-refractivity contribution >= 4 is 17.9 Å². The van der Waals surface area contributed by atoms with E-state index in [0.29, 0.717) is 19.3 Å². The Morgan fingerprint density at radius 2 is 0.591 bits per heavy atom. The van der Waals surface area contributed by atoms with E-state index in [1.807, 2.05) is 0 Å². The van der Waals surface area contributed by atoms with E-state index in [4.69, 9.17) is 14.2 Å². The first kappa shape index (κ1) is 62.6. The molecule has 1 unspecified atom stereocenters. The number of esters is 3. The summed E-state index contributed by atoms with van der Waals surface area (Å²) in [4.78, 5) is 37.8. The van der Waals surface area contributed by atoms with Crippen molar-refractivity contribution in [3.63, 3.8) is 0 Å². The molecule has 0 aliphatic carbocycles. The fourth-order valence-corrected chi connectivity index (χ4v) is 7.50. The molecule has 0 aromatic heterocycles. The molecular formula is C60H102O6. The van der Waals surface area contributed by atoms with Gasteiger partial charge in [-0.2, -0.15) is 0 Å². The number of hydrogen-bond donors (Lipinski definition) is 0. The third-order valence-electron chi connectivity index (χ3n) is 11.6. The number of allylic oxidation sites excluding steroid dienone is 14. The highest BCUT2D eigenvalue weighted by Crippen LogP contribution is 2.15. The topological polar surface area (TPSA) is 78.9 Å². The van der Waals surface area contributed by atoms with Gasteiger partial charge >= 0.3 is 17.9 Å². The average Bonchev–Trinajstić information content (AvgIpc) is 3.31. The molecule has 0 N–H and O–H groups in total. The molecule has 0 rings (SSSR count). The maximum absolute atomic E-state index is 12.7. The summed E-state index contributed by atoms with van der Waals surface area (Å²) in [5.41, 5.74) is 0. The first-order valence-electron chi connectivity index (χ1n) is 27.6. The van der Waals surface area contributed by atoms with E-state index in [1.54, 1.807) is 0 Å². The highest BCUT2D eigenvalue weighted by molar-refractivity contribution is 5.71. The zero-order valence-electron chi connectivity index (χ0n) is 43.2. The maximum Gasteiger partial charge on any atom is 0.306 e. The van der Waals surface area contributed by atoms with Crippen LogP contribution in [0.4, 0.5) is 0 Å². The molecule has 0 saturated heterocycles. The SMILES string of the molecule is CC/C=C\C/C=C\C/C=C\C/C=C\C/C=C\C/C=C\CCCCCCCCCCCCC(=O)OCC(COC(=O)CCCCCCCC)OC(=O)CCCCCCC/C=C\CCCCCC. The van der Waals surface area contributed by atoms with Gasteiger partial charge in [0.1, 0.15) is 13.2 Å². The third kappa shape index (κ3) is 51.6. The Morgan fingerprint density at radius 3 is 0.955 bits per heavy atom. The largest absolute Gasteiger partial charge is 0.462 e. The van der Waals surface area contributed by atoms with E-state index in [0.717, 1.165) is 109 Å². The first-order chi connectivity index (χ1) is 32.5. The van der Waals surface area contributed by atoms with Gasteiger partial charge in [0.15, 0.2) is 6.10 Å². The Balaban J connectivity index is 4.10. The Hall–Kier alpha value is -3.41. The van der Waals surface area contributed by atoms with Crippen LogP contribution in [0, 0.1) is 0 Å². The van der Waals surface area contributed by atoms with Gasteiger partial charge in [-0.05, 0) is 96.3 Å². The fourth-order valence-electron chi connectivity index (χ4n) is 7.50. The number of rotatable bonds is 49. The van der Waals surface area contributed by atoms with Crippen LogP contribution in [0.1, 0.15) is 258 Å². The van der Waals surface area contributed by atoms with Gasteiger partial charge < -0.3 is 14.2 Å². The summed E-state index contributed by atoms with van der Waals surface area (Å²) < 4.78 is 16.7. The Bertz CT molecular complexity index is 1290. The van der Waals surface area contributed by atoms with Crippen molar-refractivity contribution in [3.8, 4) is 0 Å². The second-order valence-electron chi connectivity index (χ2n) is 18.1. The summed E-state index contributed by atoms with van der Waals surface area (Å²) >= 11 is 0. The predicted octanol–water partition coefficient (Wildman–Crippen LogP) is 18.4. The van der Waals surface area contributed by atoms with Gasteiger partial charge in [0.05, 0.1) is 0 Å². The highest BCUT2D eigenvalue weighted by Gasteiger charge is 2.19. The molecule has 0 amide bonds. The van der Waals surface area contributed by atoms with Gasteiger partial charge in [0.2, 0.25) is 0 Å². The molecule has 66 heavy (non-hydrogen) atoms. The van der Waals surface area contributed by atoms with Crippen LogP contribution in [0.25, 0.3) is 0 Å². The molecule has 0 spiro atoms. The summed E-state index contributed by atoms with van der Waals surface area (Å²) in [5.74, 6) is -0.902. The minimum absolute atomic E-state index is 0.0801. The van der Waals surface area contributed by atoms with E-state index in [-0.39, 0.29) is 31.1 Å². The molecule has 0 saturated carbocycles. The van der Waals surface area contributed by atoms with Crippen LogP contribution in [0.5, 0.6) is 0 Å². The standard InChI is InChI=1S/C60H102O6/c1-4-7-10-13-16-18-20-22-23-24-25-26-27-28-29-30-31-32-33-34-35-36-37-39-40-42-44-47-50-53-59(62)65-56-57(55-64-58(61)52-49-46-15-12-9-6-3)66-60(63)54-51-48-45-43-41-38-21-19-17-14-11-8-5-2/h7,10,16,18-19,21-23,25-26,28-29,31-32,57H,4-6,8-9,11-15,17,20,24,27,30,33-56H2,1-3H3/b10-7-,18-16-,21-19-,23-22-,26-25-,29-28-,32-31-. The van der Waals surface area contributed by atoms with Crippen LogP contribution >= 0.6 is 0 Å². The summed E-state index contributed by atoms with van der Waals surface area (Å²) in [6.07, 6.45) is 70.3. The van der Waals surface area contributed by atoms with E-state index in [1.165, 1.54) is 109 Å². The molecule has 0 aliphatic heterocycles. The lowest BCUT2D eigenvalue weighted by atomic mass is 10.1. The summed E-state index contributed by atoms with van der Waals surface area (Å²) in [6, 6.07) is 0. The summed E-state index contributed by atoms with van der Waals surface area (Å²) in [6.45, 7) is 6.44. The van der Waals surface area contributed by atoms with Crippen molar-refractivity contribution in [2.24, 2.45) is 0 Å². The van der Waals surface area contributed by atoms with Crippen LogP contribution in [0.3, 0.4) is 0 Å². The van der Waals surface area contributed by atoms with E-state index >= 15 is 0 Å². The normalized spacial score (nSPS) is 12.7. The van der Waals surface area contributed by atoms with Gasteiger partial charge in [-0.3, -0.25) is 14.4 Å². The van der Waals surface area contributed by atoms with Crippen molar-refractivity contribution in [1.29, 1.82) is 0 Å². The predicted molar refractivity (Wildman–Crippen MR) is 284 cm³/mol. The second-order valence-corrected chi connectivity index (χ2v) is 18.1. The average molecular weight is 919 g/mol. The molecule has 0 aromatic rings. The smallest absolute Gasteiger partial charge is 0.306 e. The summed E-state index contributed by atoms with van der Waals surface area (Å²) in [5, 5.41) is 0. The Kier molecular flexibility index (Phi) is 51.4. The molecule has 0 aliphatic rings. The monoisotopic (exact) mass is 919 g/mol. The fraction of sp³-hybridized carbons (Fsp3) is 0.717. The molecule has 6 nitrogen and oxygen atoms in total. The van der Waals surface area contributed by atoms with Crippen LogP contribution in [0.15, 0.2) is 85.1 Å². The van der Waals surface area contributed by atoms with E-state index in [9.17, 15) is 14.4 Å². The molecule has 0 fully saturated rings. The van der Waals surface area contributed by atoms with Gasteiger partial charge in [0, 0.05) is 19.3 Å². The molecule has 0 radical (unpaired) electrons. The number of hydrogen-bond acceptors (Lipinski definition) is 6. The number of carbonyl (C=O) groups excluding carboxylic acids is 3. The molecule has 378 valence electrons. The summed E-state index contributed by atoms with van der Waals surface area (Å²) in [7, 11) is 0. The number of ether oxygens (including phenoxy) is 3. The highest BCUT2D eigenvalue weighted by atomic mass is 16.6. The number of carbonyl (C=O) groups is 3. The van der Waals surface area contributed by atoms with Crippen LogP contribution in [-0.4, -0.2) is 37.2 Å². The molecule has 0 bridgehead atoms. The van der Waals surface area contributed by atoms with Crippen molar-refractivity contribution in [3.05, 3.63) is 85.1 Å². The van der Waals surface area contributed by atoms with Crippen LogP contribution in [-0.2, 0) is 28.6 Å². The van der Waals surface area contributed by atoms with Crippen LogP contribution < -0.4 is 0 Å². The molecule has 6 heteroatoms. The van der Waals surface area contributed by atoms with Gasteiger partial charge in [-0.1, -0.05) is 228 Å². The maximum atomic E-state index is 12.7. The van der Waals surface area contributed by atoms with Crippen molar-refractivity contribution < 1.29 is 28.6 Å². The zero-order chi connectivity index (χ0) is 47.9. The minimum Gasteiger partial charge on any atom is -0.462 e. The molecular weight excluding hydrogens is 817 g/mol. The van der Waals surface area contributed by atoms with Crippen molar-refractivity contribution in [2.75, 3.05) is 13.2 Å². The second kappa shape index (κ2) is 54.2. The first-order valence-corrected chi connectivity index (χ1v) is 27.6. The van der Waals surface area contributed by atoms with Gasteiger partial charge in [-0.15, -0.1) is 0 Å². The quantitative estimate of drug-likeness (QED) is 0.0262. The molecule has 0 heterocycles. The Labute approximate surface area is 407 Å². The molecule has 1 atom stereocenters.